The summed E-state index contributed by atoms with van der Waals surface area (Å²) in [6.07, 6.45) is 0. The SMILES string of the molecule is CN(C/C(N)=N/O)C(=O)c1ccc(=O)[nH]n1. The molecule has 86 valence electrons. The normalized spacial score (nSPS) is 11.2. The van der Waals surface area contributed by atoms with Gasteiger partial charge in [-0.1, -0.05) is 5.16 Å². The zero-order valence-electron chi connectivity index (χ0n) is 8.54. The number of oxime groups is 1. The van der Waals surface area contributed by atoms with E-state index in [1.54, 1.807) is 0 Å². The molecule has 8 nitrogen and oxygen atoms in total. The van der Waals surface area contributed by atoms with Crippen LogP contribution >= 0.6 is 0 Å². The number of carbonyl (C=O) groups is 1. The Hall–Kier alpha value is -2.38. The van der Waals surface area contributed by atoms with Gasteiger partial charge in [-0.15, -0.1) is 0 Å². The Bertz CT molecular complexity index is 446. The summed E-state index contributed by atoms with van der Waals surface area (Å²) >= 11 is 0. The van der Waals surface area contributed by atoms with E-state index >= 15 is 0 Å². The van der Waals surface area contributed by atoms with Gasteiger partial charge in [0.05, 0.1) is 6.54 Å². The third-order valence-corrected chi connectivity index (χ3v) is 1.77. The first-order valence-corrected chi connectivity index (χ1v) is 4.32. The number of hydrogen-bond acceptors (Lipinski definition) is 5. The van der Waals surface area contributed by atoms with Crippen LogP contribution in [0, 0.1) is 0 Å². The number of hydrogen-bond donors (Lipinski definition) is 3. The number of rotatable bonds is 3. The number of nitrogens with zero attached hydrogens (tertiary/aromatic N) is 3. The largest absolute Gasteiger partial charge is 0.409 e. The van der Waals surface area contributed by atoms with Gasteiger partial charge in [0.2, 0.25) is 0 Å². The van der Waals surface area contributed by atoms with Gasteiger partial charge in [0, 0.05) is 13.1 Å². The van der Waals surface area contributed by atoms with Crippen LogP contribution in [0.2, 0.25) is 0 Å². The van der Waals surface area contributed by atoms with Crippen LogP contribution < -0.4 is 11.3 Å². The summed E-state index contributed by atoms with van der Waals surface area (Å²) in [5.41, 5.74) is 4.93. The van der Waals surface area contributed by atoms with Gasteiger partial charge in [0.25, 0.3) is 11.5 Å². The topological polar surface area (TPSA) is 125 Å². The van der Waals surface area contributed by atoms with Crippen LogP contribution in [0.1, 0.15) is 10.5 Å². The summed E-state index contributed by atoms with van der Waals surface area (Å²) in [6, 6.07) is 2.49. The fourth-order valence-corrected chi connectivity index (χ4v) is 1.01. The molecule has 0 aliphatic heterocycles. The molecule has 16 heavy (non-hydrogen) atoms. The van der Waals surface area contributed by atoms with E-state index in [2.05, 4.69) is 15.4 Å². The fraction of sp³-hybridized carbons (Fsp3) is 0.250. The van der Waals surface area contributed by atoms with Crippen molar-refractivity contribution in [2.24, 2.45) is 10.9 Å². The molecule has 0 spiro atoms. The number of H-pyrrole nitrogens is 1. The third-order valence-electron chi connectivity index (χ3n) is 1.77. The Morgan fingerprint density at radius 2 is 2.38 bits per heavy atom. The number of amidine groups is 1. The van der Waals surface area contributed by atoms with Gasteiger partial charge < -0.3 is 15.8 Å². The van der Waals surface area contributed by atoms with Crippen LogP contribution in [0.5, 0.6) is 0 Å². The monoisotopic (exact) mass is 225 g/mol. The van der Waals surface area contributed by atoms with E-state index in [9.17, 15) is 9.59 Å². The van der Waals surface area contributed by atoms with E-state index in [0.29, 0.717) is 0 Å². The number of nitrogens with one attached hydrogen (secondary N) is 1. The van der Waals surface area contributed by atoms with Crippen LogP contribution in [0.3, 0.4) is 0 Å². The van der Waals surface area contributed by atoms with Crippen LogP contribution in [-0.2, 0) is 0 Å². The lowest BCUT2D eigenvalue weighted by atomic mass is 10.3. The smallest absolute Gasteiger partial charge is 0.274 e. The molecular formula is C8H11N5O3. The third kappa shape index (κ3) is 2.80. The minimum absolute atomic E-state index is 0.0316. The molecule has 0 saturated carbocycles. The van der Waals surface area contributed by atoms with Crippen LogP contribution in [0.25, 0.3) is 0 Å². The molecule has 1 rings (SSSR count). The standard InChI is InChI=1S/C8H11N5O3/c1-13(4-6(9)12-16)8(15)5-2-3-7(14)11-10-5/h2-3,16H,4H2,1H3,(H2,9,12)(H,11,14). The number of carbonyl (C=O) groups excluding carboxylic acids is 1. The predicted molar refractivity (Wildman–Crippen MR) is 55.2 cm³/mol. The molecule has 0 aliphatic carbocycles. The van der Waals surface area contributed by atoms with Crippen LogP contribution in [0.4, 0.5) is 0 Å². The Labute approximate surface area is 90.4 Å². The minimum atomic E-state index is -0.442. The lowest BCUT2D eigenvalue weighted by Gasteiger charge is -2.14. The lowest BCUT2D eigenvalue weighted by Crippen LogP contribution is -2.36. The maximum Gasteiger partial charge on any atom is 0.274 e. The first-order valence-electron chi connectivity index (χ1n) is 4.32. The lowest BCUT2D eigenvalue weighted by molar-refractivity contribution is 0.0806. The molecule has 1 aromatic rings. The maximum absolute atomic E-state index is 11.7. The van der Waals surface area contributed by atoms with E-state index < -0.39 is 11.5 Å². The average molecular weight is 225 g/mol. The molecular weight excluding hydrogens is 214 g/mol. The molecule has 0 saturated heterocycles. The van der Waals surface area contributed by atoms with Gasteiger partial charge in [0.1, 0.15) is 5.69 Å². The van der Waals surface area contributed by atoms with Crippen LogP contribution in [0.15, 0.2) is 22.1 Å². The zero-order chi connectivity index (χ0) is 12.1. The fourth-order valence-electron chi connectivity index (χ4n) is 1.01. The first-order chi connectivity index (χ1) is 7.54. The second kappa shape index (κ2) is 4.91. The Kier molecular flexibility index (Phi) is 3.59. The van der Waals surface area contributed by atoms with Gasteiger partial charge >= 0.3 is 0 Å². The number of aromatic nitrogens is 2. The summed E-state index contributed by atoms with van der Waals surface area (Å²) in [5, 5.41) is 16.8. The van der Waals surface area contributed by atoms with Gasteiger partial charge in [-0.3, -0.25) is 9.59 Å². The van der Waals surface area contributed by atoms with Crippen molar-refractivity contribution in [3.63, 3.8) is 0 Å². The number of amides is 1. The highest BCUT2D eigenvalue weighted by Gasteiger charge is 2.14. The molecule has 8 heteroatoms. The maximum atomic E-state index is 11.7. The van der Waals surface area contributed by atoms with Gasteiger partial charge in [-0.25, -0.2) is 5.10 Å². The quantitative estimate of drug-likeness (QED) is 0.252. The van der Waals surface area contributed by atoms with Crippen molar-refractivity contribution in [3.05, 3.63) is 28.2 Å². The summed E-state index contributed by atoms with van der Waals surface area (Å²) in [7, 11) is 1.47. The molecule has 0 aromatic carbocycles. The summed E-state index contributed by atoms with van der Waals surface area (Å²) in [6.45, 7) is -0.0316. The average Bonchev–Trinajstić information content (AvgIpc) is 2.28. The first kappa shape index (κ1) is 11.7. The molecule has 1 aromatic heterocycles. The Balaban J connectivity index is 2.78. The molecule has 0 bridgehead atoms. The van der Waals surface area contributed by atoms with E-state index in [1.807, 2.05) is 0 Å². The van der Waals surface area contributed by atoms with Gasteiger partial charge in [-0.05, 0) is 6.07 Å². The van der Waals surface area contributed by atoms with Crippen molar-refractivity contribution in [3.8, 4) is 0 Å². The Morgan fingerprint density at radius 3 is 2.88 bits per heavy atom. The van der Waals surface area contributed by atoms with Crippen LogP contribution in [-0.4, -0.2) is 45.6 Å². The molecule has 4 N–H and O–H groups in total. The van der Waals surface area contributed by atoms with Crippen molar-refractivity contribution in [2.45, 2.75) is 0 Å². The Morgan fingerprint density at radius 1 is 1.69 bits per heavy atom. The van der Waals surface area contributed by atoms with Crippen molar-refractivity contribution in [1.82, 2.24) is 15.1 Å². The van der Waals surface area contributed by atoms with E-state index in [4.69, 9.17) is 10.9 Å². The molecule has 1 amide bonds. The second-order valence-electron chi connectivity index (χ2n) is 3.06. The molecule has 0 aliphatic rings. The van der Waals surface area contributed by atoms with E-state index in [1.165, 1.54) is 24.1 Å². The molecule has 0 radical (unpaired) electrons. The van der Waals surface area contributed by atoms with Gasteiger partial charge in [0.15, 0.2) is 5.84 Å². The number of likely N-dealkylation sites (N-methyl/N-ethyl adjacent to an activating group) is 1. The minimum Gasteiger partial charge on any atom is -0.409 e. The second-order valence-corrected chi connectivity index (χ2v) is 3.06. The predicted octanol–water partition coefficient (Wildman–Crippen LogP) is -1.41. The molecule has 0 unspecified atom stereocenters. The summed E-state index contributed by atoms with van der Waals surface area (Å²) in [4.78, 5) is 23.6. The zero-order valence-corrected chi connectivity index (χ0v) is 8.54. The number of aromatic amines is 1. The van der Waals surface area contributed by atoms with Crippen molar-refractivity contribution in [1.29, 1.82) is 0 Å². The highest BCUT2D eigenvalue weighted by atomic mass is 16.4. The van der Waals surface area contributed by atoms with Crippen molar-refractivity contribution < 1.29 is 10.0 Å². The number of nitrogens with two attached hydrogens (primary N) is 1. The van der Waals surface area contributed by atoms with E-state index in [-0.39, 0.29) is 18.1 Å². The van der Waals surface area contributed by atoms with Crippen molar-refractivity contribution in [2.75, 3.05) is 13.6 Å². The molecule has 0 atom stereocenters. The molecule has 1 heterocycles. The van der Waals surface area contributed by atoms with E-state index in [0.717, 1.165) is 0 Å². The van der Waals surface area contributed by atoms with Gasteiger partial charge in [-0.2, -0.15) is 5.10 Å². The highest BCUT2D eigenvalue weighted by molar-refractivity contribution is 5.95. The highest BCUT2D eigenvalue weighted by Crippen LogP contribution is 1.96. The summed E-state index contributed by atoms with van der Waals surface area (Å²) in [5.74, 6) is -0.539. The van der Waals surface area contributed by atoms with Crippen molar-refractivity contribution >= 4 is 11.7 Å². The summed E-state index contributed by atoms with van der Waals surface area (Å²) < 4.78 is 0. The molecule has 0 fully saturated rings.